The van der Waals surface area contributed by atoms with Gasteiger partial charge in [-0.25, -0.2) is 0 Å². The van der Waals surface area contributed by atoms with Crippen molar-refractivity contribution in [2.45, 2.75) is 0 Å². The van der Waals surface area contributed by atoms with Gasteiger partial charge in [0.25, 0.3) is 5.89 Å². The number of ether oxygens (including phenoxy) is 2. The monoisotopic (exact) mass is 323 g/mol. The number of hydrogen-bond acceptors (Lipinski definition) is 7. The third kappa shape index (κ3) is 2.34. The van der Waals surface area contributed by atoms with Crippen molar-refractivity contribution in [1.82, 2.24) is 24.7 Å². The second-order valence-electron chi connectivity index (χ2n) is 5.00. The van der Waals surface area contributed by atoms with Crippen LogP contribution in [0.5, 0.6) is 11.5 Å². The van der Waals surface area contributed by atoms with E-state index in [9.17, 15) is 0 Å². The summed E-state index contributed by atoms with van der Waals surface area (Å²) in [6.45, 7) is 0. The van der Waals surface area contributed by atoms with E-state index in [1.165, 1.54) is 0 Å². The zero-order chi connectivity index (χ0) is 16.5. The SMILES string of the molecule is COc1ccc(-c2nc(-c3ccn4cnnc4c3)no2)c(OC)c1. The Bertz CT molecular complexity index is 1010. The molecule has 0 spiro atoms. The van der Waals surface area contributed by atoms with E-state index < -0.39 is 0 Å². The van der Waals surface area contributed by atoms with Gasteiger partial charge < -0.3 is 14.0 Å². The molecule has 4 aromatic rings. The van der Waals surface area contributed by atoms with E-state index >= 15 is 0 Å². The predicted octanol–water partition coefficient (Wildman–Crippen LogP) is 2.46. The highest BCUT2D eigenvalue weighted by molar-refractivity contribution is 5.67. The molecule has 0 fully saturated rings. The van der Waals surface area contributed by atoms with Gasteiger partial charge >= 0.3 is 0 Å². The number of fused-ring (bicyclic) bond motifs is 1. The van der Waals surface area contributed by atoms with Crippen LogP contribution in [0, 0.1) is 0 Å². The quantitative estimate of drug-likeness (QED) is 0.570. The highest BCUT2D eigenvalue weighted by Crippen LogP contribution is 2.33. The van der Waals surface area contributed by atoms with E-state index in [0.29, 0.717) is 34.4 Å². The molecule has 0 atom stereocenters. The van der Waals surface area contributed by atoms with Crippen LogP contribution in [-0.4, -0.2) is 39.0 Å². The first-order chi connectivity index (χ1) is 11.8. The molecule has 0 unspecified atom stereocenters. The summed E-state index contributed by atoms with van der Waals surface area (Å²) < 4.78 is 17.8. The van der Waals surface area contributed by atoms with Gasteiger partial charge in [-0.15, -0.1) is 10.2 Å². The van der Waals surface area contributed by atoms with Crippen molar-refractivity contribution < 1.29 is 14.0 Å². The lowest BCUT2D eigenvalue weighted by atomic mass is 10.2. The molecule has 0 aliphatic heterocycles. The Hall–Kier alpha value is -3.42. The Kier molecular flexibility index (Phi) is 3.34. The van der Waals surface area contributed by atoms with Crippen LogP contribution >= 0.6 is 0 Å². The average molecular weight is 323 g/mol. The molecule has 1 aromatic carbocycles. The Morgan fingerprint density at radius 2 is 2.00 bits per heavy atom. The fourth-order valence-corrected chi connectivity index (χ4v) is 2.38. The van der Waals surface area contributed by atoms with Crippen molar-refractivity contribution in [3.8, 4) is 34.3 Å². The molecule has 120 valence electrons. The largest absolute Gasteiger partial charge is 0.497 e. The van der Waals surface area contributed by atoms with Crippen LogP contribution in [0.4, 0.5) is 0 Å². The predicted molar refractivity (Wildman–Crippen MR) is 84.8 cm³/mol. The van der Waals surface area contributed by atoms with Crippen LogP contribution in [0.1, 0.15) is 0 Å². The van der Waals surface area contributed by atoms with Gasteiger partial charge in [0, 0.05) is 17.8 Å². The molecular formula is C16H13N5O3. The van der Waals surface area contributed by atoms with Crippen LogP contribution in [0.3, 0.4) is 0 Å². The minimum absolute atomic E-state index is 0.367. The first-order valence-corrected chi connectivity index (χ1v) is 7.14. The van der Waals surface area contributed by atoms with E-state index in [-0.39, 0.29) is 0 Å². The molecule has 0 aliphatic carbocycles. The average Bonchev–Trinajstić information content (AvgIpc) is 3.29. The molecule has 0 radical (unpaired) electrons. The molecule has 0 saturated carbocycles. The van der Waals surface area contributed by atoms with Crippen molar-refractivity contribution >= 4 is 5.65 Å². The number of pyridine rings is 1. The zero-order valence-electron chi connectivity index (χ0n) is 13.0. The lowest BCUT2D eigenvalue weighted by Crippen LogP contribution is -1.91. The molecule has 3 heterocycles. The number of aromatic nitrogens is 5. The molecule has 0 N–H and O–H groups in total. The molecular weight excluding hydrogens is 310 g/mol. The molecule has 0 amide bonds. The summed E-state index contributed by atoms with van der Waals surface area (Å²) >= 11 is 0. The lowest BCUT2D eigenvalue weighted by molar-refractivity contribution is 0.391. The molecule has 4 rings (SSSR count). The summed E-state index contributed by atoms with van der Waals surface area (Å²) in [5.41, 5.74) is 2.19. The maximum atomic E-state index is 5.39. The van der Waals surface area contributed by atoms with Crippen LogP contribution < -0.4 is 9.47 Å². The molecule has 0 bridgehead atoms. The maximum absolute atomic E-state index is 5.39. The first kappa shape index (κ1) is 14.2. The van der Waals surface area contributed by atoms with Gasteiger partial charge in [-0.2, -0.15) is 4.98 Å². The van der Waals surface area contributed by atoms with E-state index in [4.69, 9.17) is 14.0 Å². The van der Waals surface area contributed by atoms with Gasteiger partial charge in [0.15, 0.2) is 5.65 Å². The summed E-state index contributed by atoms with van der Waals surface area (Å²) in [6, 6.07) is 9.10. The maximum Gasteiger partial charge on any atom is 0.262 e. The van der Waals surface area contributed by atoms with Gasteiger partial charge in [-0.3, -0.25) is 4.40 Å². The molecule has 3 aromatic heterocycles. The van der Waals surface area contributed by atoms with Crippen molar-refractivity contribution in [3.05, 3.63) is 42.9 Å². The number of methoxy groups -OCH3 is 2. The summed E-state index contributed by atoms with van der Waals surface area (Å²) in [7, 11) is 3.18. The van der Waals surface area contributed by atoms with Crippen molar-refractivity contribution in [3.63, 3.8) is 0 Å². The summed E-state index contributed by atoms with van der Waals surface area (Å²) in [5, 5.41) is 11.9. The summed E-state index contributed by atoms with van der Waals surface area (Å²) in [4.78, 5) is 4.45. The third-order valence-electron chi connectivity index (χ3n) is 3.62. The molecule has 24 heavy (non-hydrogen) atoms. The Labute approximate surface area is 136 Å². The Morgan fingerprint density at radius 1 is 1.08 bits per heavy atom. The van der Waals surface area contributed by atoms with E-state index in [1.807, 2.05) is 30.5 Å². The van der Waals surface area contributed by atoms with Crippen LogP contribution in [0.15, 0.2) is 47.4 Å². The van der Waals surface area contributed by atoms with Crippen LogP contribution in [0.2, 0.25) is 0 Å². The second kappa shape index (κ2) is 5.65. The standard InChI is InChI=1S/C16H13N5O3/c1-22-11-3-4-12(13(8-11)23-2)16-18-15(20-24-16)10-5-6-21-9-17-19-14(21)7-10/h3-9H,1-2H3. The minimum atomic E-state index is 0.367. The first-order valence-electron chi connectivity index (χ1n) is 7.14. The Morgan fingerprint density at radius 3 is 2.83 bits per heavy atom. The molecule has 0 aliphatic rings. The van der Waals surface area contributed by atoms with Crippen LogP contribution in [0.25, 0.3) is 28.5 Å². The summed E-state index contributed by atoms with van der Waals surface area (Å²) in [5.74, 6) is 2.12. The van der Waals surface area contributed by atoms with Crippen molar-refractivity contribution in [1.29, 1.82) is 0 Å². The minimum Gasteiger partial charge on any atom is -0.497 e. The number of rotatable bonds is 4. The van der Waals surface area contributed by atoms with E-state index in [2.05, 4.69) is 20.3 Å². The topological polar surface area (TPSA) is 87.6 Å². The normalized spacial score (nSPS) is 10.9. The summed E-state index contributed by atoms with van der Waals surface area (Å²) in [6.07, 6.45) is 3.47. The van der Waals surface area contributed by atoms with Crippen molar-refractivity contribution in [2.24, 2.45) is 0 Å². The highest BCUT2D eigenvalue weighted by Gasteiger charge is 2.16. The fraction of sp³-hybridized carbons (Fsp3) is 0.125. The molecule has 8 nitrogen and oxygen atoms in total. The fourth-order valence-electron chi connectivity index (χ4n) is 2.38. The molecule has 0 saturated heterocycles. The van der Waals surface area contributed by atoms with E-state index in [0.717, 1.165) is 5.56 Å². The Balaban J connectivity index is 1.74. The lowest BCUT2D eigenvalue weighted by Gasteiger charge is -2.06. The zero-order valence-corrected chi connectivity index (χ0v) is 13.0. The number of hydrogen-bond donors (Lipinski definition) is 0. The second-order valence-corrected chi connectivity index (χ2v) is 5.00. The third-order valence-corrected chi connectivity index (χ3v) is 3.62. The smallest absolute Gasteiger partial charge is 0.262 e. The van der Waals surface area contributed by atoms with Gasteiger partial charge in [0.05, 0.1) is 19.8 Å². The van der Waals surface area contributed by atoms with Gasteiger partial charge in [-0.05, 0) is 24.3 Å². The number of nitrogens with zero attached hydrogens (tertiary/aromatic N) is 5. The van der Waals surface area contributed by atoms with Crippen molar-refractivity contribution in [2.75, 3.05) is 14.2 Å². The van der Waals surface area contributed by atoms with Crippen LogP contribution in [-0.2, 0) is 0 Å². The molecule has 8 heteroatoms. The number of benzene rings is 1. The van der Waals surface area contributed by atoms with Gasteiger partial charge in [-0.1, -0.05) is 5.16 Å². The van der Waals surface area contributed by atoms with Gasteiger partial charge in [0.2, 0.25) is 5.82 Å². The highest BCUT2D eigenvalue weighted by atomic mass is 16.5. The van der Waals surface area contributed by atoms with E-state index in [1.54, 1.807) is 31.0 Å². The van der Waals surface area contributed by atoms with Gasteiger partial charge in [0.1, 0.15) is 17.8 Å².